The van der Waals surface area contributed by atoms with Crippen molar-refractivity contribution in [1.82, 2.24) is 0 Å². The van der Waals surface area contributed by atoms with Gasteiger partial charge < -0.3 is 9.84 Å². The lowest BCUT2D eigenvalue weighted by Crippen LogP contribution is -2.31. The van der Waals surface area contributed by atoms with Gasteiger partial charge in [-0.25, -0.2) is 4.79 Å². The van der Waals surface area contributed by atoms with Crippen molar-refractivity contribution >= 4 is 27.1 Å². The summed E-state index contributed by atoms with van der Waals surface area (Å²) in [7, 11) is -0.839. The molecule has 28 heavy (non-hydrogen) atoms. The Kier molecular flexibility index (Phi) is 5.37. The maximum atomic E-state index is 12.9. The minimum Gasteiger partial charge on any atom is -0.462 e. The van der Waals surface area contributed by atoms with Crippen molar-refractivity contribution in [2.75, 3.05) is 13.2 Å². The Morgan fingerprint density at radius 3 is 2.64 bits per heavy atom. The van der Waals surface area contributed by atoms with E-state index in [-0.39, 0.29) is 24.9 Å². The van der Waals surface area contributed by atoms with Gasteiger partial charge in [0.2, 0.25) is 0 Å². The number of ether oxygens (including phenoxy) is 1. The minimum absolute atomic E-state index is 0.00359. The number of benzene rings is 2. The zero-order valence-electron chi connectivity index (χ0n) is 15.2. The molecule has 1 aliphatic heterocycles. The Hall–Kier alpha value is -2.76. The highest BCUT2D eigenvalue weighted by Gasteiger charge is 2.37. The molecule has 4 nitrogen and oxygen atoms in total. The van der Waals surface area contributed by atoms with Crippen molar-refractivity contribution in [3.8, 4) is 0 Å². The number of esters is 1. The first-order chi connectivity index (χ1) is 13.7. The molecule has 0 aromatic heterocycles. The first-order valence-electron chi connectivity index (χ1n) is 9.24. The van der Waals surface area contributed by atoms with E-state index in [0.717, 1.165) is 20.2 Å². The first kappa shape index (κ1) is 18.6. The van der Waals surface area contributed by atoms with Gasteiger partial charge in [0.1, 0.15) is 20.6 Å². The minimum atomic E-state index is -0.839. The summed E-state index contributed by atoms with van der Waals surface area (Å²) < 4.78 is 5.15. The molecule has 1 heterocycles. The molecule has 0 bridgehead atoms. The summed E-state index contributed by atoms with van der Waals surface area (Å²) >= 11 is 0. The Balaban J connectivity index is 1.73. The molecule has 2 aliphatic rings. The fourth-order valence-electron chi connectivity index (χ4n) is 3.50. The zero-order chi connectivity index (χ0) is 19.5. The van der Waals surface area contributed by atoms with Crippen molar-refractivity contribution in [2.24, 2.45) is 5.92 Å². The monoisotopic (exact) mass is 393 g/mol. The molecular formula is C23H21O4S+. The van der Waals surface area contributed by atoms with E-state index >= 15 is 0 Å². The third kappa shape index (κ3) is 3.39. The topological polar surface area (TPSA) is 63.6 Å². The number of hydrogen-bond donors (Lipinski definition) is 1. The summed E-state index contributed by atoms with van der Waals surface area (Å²) in [5.41, 5.74) is 1.27. The summed E-state index contributed by atoms with van der Waals surface area (Å²) in [4.78, 5) is 28.3. The number of hydrogen-bond acceptors (Lipinski definition) is 4. The summed E-state index contributed by atoms with van der Waals surface area (Å²) in [6.07, 6.45) is 8.37. The predicted molar refractivity (Wildman–Crippen MR) is 111 cm³/mol. The number of Topliss-reactive ketones (excluding diaryl/α,β-unsaturated/α-hetero) is 1. The van der Waals surface area contributed by atoms with E-state index in [9.17, 15) is 9.59 Å². The number of carbonyl (C=O) groups is 2. The Morgan fingerprint density at radius 2 is 1.86 bits per heavy atom. The van der Waals surface area contributed by atoms with Crippen LogP contribution in [0.2, 0.25) is 0 Å². The van der Waals surface area contributed by atoms with Crippen molar-refractivity contribution in [1.29, 1.82) is 0 Å². The molecule has 5 heteroatoms. The van der Waals surface area contributed by atoms with Crippen LogP contribution in [0.15, 0.2) is 82.6 Å². The highest BCUT2D eigenvalue weighted by Crippen LogP contribution is 2.33. The van der Waals surface area contributed by atoms with Gasteiger partial charge in [-0.2, -0.15) is 0 Å². The molecular weight excluding hydrogens is 372 g/mol. The second-order valence-electron chi connectivity index (χ2n) is 6.62. The summed E-state index contributed by atoms with van der Waals surface area (Å²) in [6.45, 7) is 0.201. The highest BCUT2D eigenvalue weighted by molar-refractivity contribution is 7.97. The Bertz CT molecular complexity index is 1020. The van der Waals surface area contributed by atoms with Crippen molar-refractivity contribution in [3.63, 3.8) is 0 Å². The van der Waals surface area contributed by atoms with Crippen LogP contribution in [0.5, 0.6) is 0 Å². The SMILES string of the molecule is O=C(OCCCO)c1ccc([SH+]2=C3C=CC=CC3C(=O)c3ccccc32)cc1. The van der Waals surface area contributed by atoms with Crippen LogP contribution < -0.4 is 0 Å². The molecule has 2 aromatic rings. The van der Waals surface area contributed by atoms with Crippen molar-refractivity contribution < 1.29 is 19.4 Å². The normalized spacial score (nSPS) is 19.9. The fraction of sp³-hybridized carbons (Fsp3) is 0.174. The number of aliphatic hydroxyl groups is 1. The van der Waals surface area contributed by atoms with E-state index in [1.165, 1.54) is 0 Å². The predicted octanol–water partition coefficient (Wildman–Crippen LogP) is 3.11. The van der Waals surface area contributed by atoms with Crippen LogP contribution in [0.1, 0.15) is 27.1 Å². The van der Waals surface area contributed by atoms with Gasteiger partial charge in [-0.05, 0) is 42.5 Å². The molecule has 1 N–H and O–H groups in total. The van der Waals surface area contributed by atoms with Crippen LogP contribution in [0.3, 0.4) is 0 Å². The molecule has 2 aromatic carbocycles. The number of fused-ring (bicyclic) bond motifs is 2. The summed E-state index contributed by atoms with van der Waals surface area (Å²) in [5, 5.41) is 8.80. The molecule has 2 atom stereocenters. The average Bonchev–Trinajstić information content (AvgIpc) is 2.74. The van der Waals surface area contributed by atoms with Gasteiger partial charge in [0.25, 0.3) is 0 Å². The van der Waals surface area contributed by atoms with Gasteiger partial charge in [0.05, 0.1) is 17.7 Å². The van der Waals surface area contributed by atoms with Gasteiger partial charge >= 0.3 is 5.97 Å². The third-order valence-electron chi connectivity index (χ3n) is 4.85. The van der Waals surface area contributed by atoms with Crippen LogP contribution in [-0.2, 0) is 15.2 Å². The summed E-state index contributed by atoms with van der Waals surface area (Å²) in [5.74, 6) is -0.457. The van der Waals surface area contributed by atoms with E-state index in [4.69, 9.17) is 9.84 Å². The van der Waals surface area contributed by atoms with Crippen LogP contribution >= 0.6 is 0 Å². The molecule has 0 fully saturated rings. The number of carbonyl (C=O) groups excluding carboxylic acids is 2. The van der Waals surface area contributed by atoms with Crippen LogP contribution in [-0.4, -0.2) is 34.9 Å². The van der Waals surface area contributed by atoms with Gasteiger partial charge in [0.15, 0.2) is 5.78 Å². The Morgan fingerprint density at radius 1 is 1.07 bits per heavy atom. The van der Waals surface area contributed by atoms with Crippen LogP contribution in [0.4, 0.5) is 0 Å². The molecule has 0 saturated carbocycles. The highest BCUT2D eigenvalue weighted by atomic mass is 32.2. The lowest BCUT2D eigenvalue weighted by atomic mass is 9.91. The number of thiol groups is 1. The third-order valence-corrected chi connectivity index (χ3v) is 7.48. The molecule has 4 rings (SSSR count). The van der Waals surface area contributed by atoms with E-state index in [1.807, 2.05) is 54.6 Å². The summed E-state index contributed by atoms with van der Waals surface area (Å²) in [6, 6.07) is 15.3. The number of allylic oxidation sites excluding steroid dienone is 4. The first-order valence-corrected chi connectivity index (χ1v) is 10.6. The van der Waals surface area contributed by atoms with E-state index < -0.39 is 16.5 Å². The van der Waals surface area contributed by atoms with Gasteiger partial charge in [0, 0.05) is 13.0 Å². The largest absolute Gasteiger partial charge is 0.462 e. The molecule has 1 aliphatic carbocycles. The quantitative estimate of drug-likeness (QED) is 0.279. The lowest BCUT2D eigenvalue weighted by Gasteiger charge is -2.23. The number of ketones is 1. The standard InChI is InChI=1S/C23H20O4S/c24-14-5-15-27-23(26)16-10-12-17(13-11-16)28-20-8-3-1-6-18(20)22(25)19-7-2-4-9-21(19)28/h1-4,6-13,18,24H,5,14-15H2/p+1. The van der Waals surface area contributed by atoms with E-state index in [0.29, 0.717) is 12.0 Å². The zero-order valence-corrected chi connectivity index (χ0v) is 16.1. The van der Waals surface area contributed by atoms with E-state index in [2.05, 4.69) is 6.08 Å². The molecule has 0 saturated heterocycles. The maximum absolute atomic E-state index is 12.9. The van der Waals surface area contributed by atoms with Crippen molar-refractivity contribution in [2.45, 2.75) is 16.2 Å². The molecule has 142 valence electrons. The molecule has 0 amide bonds. The smallest absolute Gasteiger partial charge is 0.338 e. The van der Waals surface area contributed by atoms with Gasteiger partial charge in [-0.15, -0.1) is 0 Å². The van der Waals surface area contributed by atoms with E-state index in [1.54, 1.807) is 12.1 Å². The number of rotatable bonds is 5. The lowest BCUT2D eigenvalue weighted by molar-refractivity contribution is 0.0482. The van der Waals surface area contributed by atoms with Gasteiger partial charge in [-0.1, -0.05) is 40.8 Å². The Labute approximate surface area is 166 Å². The second-order valence-corrected chi connectivity index (χ2v) is 8.81. The van der Waals surface area contributed by atoms with Gasteiger partial charge in [-0.3, -0.25) is 4.79 Å². The number of aliphatic hydroxyl groups excluding tert-OH is 1. The van der Waals surface area contributed by atoms with Crippen molar-refractivity contribution in [3.05, 3.63) is 84.0 Å². The van der Waals surface area contributed by atoms with Crippen LogP contribution in [0.25, 0.3) is 0 Å². The second kappa shape index (κ2) is 8.09. The fourth-order valence-corrected chi connectivity index (χ4v) is 6.18. The maximum Gasteiger partial charge on any atom is 0.338 e. The average molecular weight is 393 g/mol. The molecule has 2 unspecified atom stereocenters. The molecule has 0 radical (unpaired) electrons. The van der Waals surface area contributed by atoms with Crippen LogP contribution in [0, 0.1) is 5.92 Å². The molecule has 0 spiro atoms.